The van der Waals surface area contributed by atoms with Gasteiger partial charge in [-0.2, -0.15) is 0 Å². The highest BCUT2D eigenvalue weighted by atomic mass is 19.1. The smallest absolute Gasteiger partial charge is 0.141 e. The molecule has 2 aromatic heterocycles. The fourth-order valence-corrected chi connectivity index (χ4v) is 2.59. The zero-order valence-corrected chi connectivity index (χ0v) is 12.0. The maximum absolute atomic E-state index is 13.3. The van der Waals surface area contributed by atoms with Crippen LogP contribution in [-0.4, -0.2) is 16.1 Å². The van der Waals surface area contributed by atoms with Crippen molar-refractivity contribution in [2.75, 3.05) is 6.54 Å². The number of nitrogens with zero attached hydrogens (tertiary/aromatic N) is 2. The number of fused-ring (bicyclic) bond motifs is 1. The molecule has 0 atom stereocenters. The number of hydrogen-bond donors (Lipinski definition) is 1. The number of hydrogen-bond acceptors (Lipinski definition) is 2. The molecule has 0 saturated heterocycles. The van der Waals surface area contributed by atoms with Crippen LogP contribution in [0, 0.1) is 5.82 Å². The maximum Gasteiger partial charge on any atom is 0.141 e. The van der Waals surface area contributed by atoms with Gasteiger partial charge >= 0.3 is 0 Å². The zero-order valence-electron chi connectivity index (χ0n) is 12.0. The molecule has 0 unspecified atom stereocenters. The molecule has 0 bridgehead atoms. The standard InChI is InChI=1S/C17H18FN3/c1-2-19-9-14-12-21(17-6-4-3-5-16(14)17)11-13-7-15(18)10-20-8-13/h3-8,10,12,19H,2,9,11H2,1H3. The molecule has 0 radical (unpaired) electrons. The van der Waals surface area contributed by atoms with Gasteiger partial charge in [-0.25, -0.2) is 4.39 Å². The lowest BCUT2D eigenvalue weighted by Crippen LogP contribution is -2.11. The summed E-state index contributed by atoms with van der Waals surface area (Å²) in [7, 11) is 0. The van der Waals surface area contributed by atoms with E-state index in [1.807, 2.05) is 12.1 Å². The van der Waals surface area contributed by atoms with Gasteiger partial charge in [0, 0.05) is 36.4 Å². The molecule has 0 aliphatic heterocycles. The molecular formula is C17H18FN3. The summed E-state index contributed by atoms with van der Waals surface area (Å²) >= 11 is 0. The lowest BCUT2D eigenvalue weighted by Gasteiger charge is -2.05. The number of nitrogens with one attached hydrogen (secondary N) is 1. The molecule has 0 aliphatic rings. The minimum absolute atomic E-state index is 0.295. The summed E-state index contributed by atoms with van der Waals surface area (Å²) < 4.78 is 15.4. The molecule has 1 aromatic carbocycles. The van der Waals surface area contributed by atoms with E-state index < -0.39 is 0 Å². The summed E-state index contributed by atoms with van der Waals surface area (Å²) in [4.78, 5) is 3.92. The fourth-order valence-electron chi connectivity index (χ4n) is 2.59. The third-order valence-electron chi connectivity index (χ3n) is 3.55. The monoisotopic (exact) mass is 283 g/mol. The van der Waals surface area contributed by atoms with Crippen LogP contribution in [0.4, 0.5) is 4.39 Å². The van der Waals surface area contributed by atoms with Crippen molar-refractivity contribution in [2.45, 2.75) is 20.0 Å². The molecule has 3 nitrogen and oxygen atoms in total. The average Bonchev–Trinajstić information content (AvgIpc) is 2.84. The van der Waals surface area contributed by atoms with Gasteiger partial charge in [-0.1, -0.05) is 25.1 Å². The van der Waals surface area contributed by atoms with Crippen molar-refractivity contribution in [3.8, 4) is 0 Å². The van der Waals surface area contributed by atoms with Crippen LogP contribution in [0.15, 0.2) is 48.9 Å². The Hall–Kier alpha value is -2.20. The number of pyridine rings is 1. The second-order valence-corrected chi connectivity index (χ2v) is 5.09. The van der Waals surface area contributed by atoms with E-state index in [0.717, 1.165) is 24.2 Å². The highest BCUT2D eigenvalue weighted by Crippen LogP contribution is 2.22. The molecule has 1 N–H and O–H groups in total. The highest BCUT2D eigenvalue weighted by Gasteiger charge is 2.08. The second kappa shape index (κ2) is 6.06. The van der Waals surface area contributed by atoms with Gasteiger partial charge in [-0.3, -0.25) is 4.98 Å². The van der Waals surface area contributed by atoms with Crippen molar-refractivity contribution in [2.24, 2.45) is 0 Å². The van der Waals surface area contributed by atoms with Crippen LogP contribution in [0.5, 0.6) is 0 Å². The number of aromatic nitrogens is 2. The molecule has 108 valence electrons. The van der Waals surface area contributed by atoms with Crippen molar-refractivity contribution in [3.05, 3.63) is 65.9 Å². The second-order valence-electron chi connectivity index (χ2n) is 5.09. The van der Waals surface area contributed by atoms with Crippen LogP contribution in [0.2, 0.25) is 0 Å². The first kappa shape index (κ1) is 13.8. The van der Waals surface area contributed by atoms with Crippen LogP contribution in [-0.2, 0) is 13.1 Å². The van der Waals surface area contributed by atoms with E-state index in [2.05, 4.69) is 40.1 Å². The van der Waals surface area contributed by atoms with E-state index >= 15 is 0 Å². The predicted molar refractivity (Wildman–Crippen MR) is 82.6 cm³/mol. The number of rotatable bonds is 5. The van der Waals surface area contributed by atoms with Crippen LogP contribution in [0.25, 0.3) is 10.9 Å². The third-order valence-corrected chi connectivity index (χ3v) is 3.55. The van der Waals surface area contributed by atoms with E-state index in [1.165, 1.54) is 23.2 Å². The molecule has 3 aromatic rings. The molecule has 21 heavy (non-hydrogen) atoms. The van der Waals surface area contributed by atoms with E-state index in [1.54, 1.807) is 6.20 Å². The summed E-state index contributed by atoms with van der Waals surface area (Å²) in [5.74, 6) is -0.295. The molecule has 0 amide bonds. The molecule has 4 heteroatoms. The Morgan fingerprint density at radius 3 is 2.90 bits per heavy atom. The molecule has 0 fully saturated rings. The zero-order chi connectivity index (χ0) is 14.7. The lowest BCUT2D eigenvalue weighted by molar-refractivity contribution is 0.616. The maximum atomic E-state index is 13.3. The minimum Gasteiger partial charge on any atom is -0.343 e. The van der Waals surface area contributed by atoms with Crippen molar-refractivity contribution < 1.29 is 4.39 Å². The van der Waals surface area contributed by atoms with E-state index in [4.69, 9.17) is 0 Å². The Morgan fingerprint density at radius 1 is 1.24 bits per heavy atom. The summed E-state index contributed by atoms with van der Waals surface area (Å²) in [6, 6.07) is 9.83. The topological polar surface area (TPSA) is 29.9 Å². The van der Waals surface area contributed by atoms with E-state index in [9.17, 15) is 4.39 Å². The summed E-state index contributed by atoms with van der Waals surface area (Å²) in [5.41, 5.74) is 3.29. The summed E-state index contributed by atoms with van der Waals surface area (Å²) in [5, 5.41) is 4.60. The summed E-state index contributed by atoms with van der Waals surface area (Å²) in [6.45, 7) is 4.49. The highest BCUT2D eigenvalue weighted by molar-refractivity contribution is 5.84. The average molecular weight is 283 g/mol. The van der Waals surface area contributed by atoms with Crippen molar-refractivity contribution in [1.82, 2.24) is 14.9 Å². The summed E-state index contributed by atoms with van der Waals surface area (Å²) in [6.07, 6.45) is 5.08. The van der Waals surface area contributed by atoms with Gasteiger partial charge in [-0.05, 0) is 29.8 Å². The predicted octanol–water partition coefficient (Wildman–Crippen LogP) is 3.33. The van der Waals surface area contributed by atoms with Gasteiger partial charge in [0.25, 0.3) is 0 Å². The van der Waals surface area contributed by atoms with E-state index in [-0.39, 0.29) is 5.82 Å². The molecule has 0 aliphatic carbocycles. The quantitative estimate of drug-likeness (QED) is 0.778. The Balaban J connectivity index is 1.98. The molecule has 0 spiro atoms. The van der Waals surface area contributed by atoms with Crippen molar-refractivity contribution in [1.29, 1.82) is 0 Å². The number of para-hydroxylation sites is 1. The Labute approximate surface area is 123 Å². The van der Waals surface area contributed by atoms with Gasteiger partial charge in [0.2, 0.25) is 0 Å². The van der Waals surface area contributed by atoms with Crippen LogP contribution in [0.3, 0.4) is 0 Å². The first-order valence-corrected chi connectivity index (χ1v) is 7.15. The third kappa shape index (κ3) is 2.95. The lowest BCUT2D eigenvalue weighted by atomic mass is 10.2. The Bertz CT molecular complexity index is 749. The first-order chi connectivity index (χ1) is 10.3. The molecule has 0 saturated carbocycles. The number of benzene rings is 1. The first-order valence-electron chi connectivity index (χ1n) is 7.15. The van der Waals surface area contributed by atoms with Gasteiger partial charge < -0.3 is 9.88 Å². The van der Waals surface area contributed by atoms with Crippen molar-refractivity contribution >= 4 is 10.9 Å². The Morgan fingerprint density at radius 2 is 2.10 bits per heavy atom. The molecular weight excluding hydrogens is 265 g/mol. The molecule has 3 rings (SSSR count). The van der Waals surface area contributed by atoms with Crippen LogP contribution < -0.4 is 5.32 Å². The van der Waals surface area contributed by atoms with E-state index in [0.29, 0.717) is 6.54 Å². The normalized spacial score (nSPS) is 11.1. The molecule has 2 heterocycles. The van der Waals surface area contributed by atoms with Crippen LogP contribution in [0.1, 0.15) is 18.1 Å². The van der Waals surface area contributed by atoms with Gasteiger partial charge in [0.1, 0.15) is 5.82 Å². The van der Waals surface area contributed by atoms with Crippen LogP contribution >= 0.6 is 0 Å². The minimum atomic E-state index is -0.295. The van der Waals surface area contributed by atoms with Gasteiger partial charge in [0.15, 0.2) is 0 Å². The van der Waals surface area contributed by atoms with Gasteiger partial charge in [0.05, 0.1) is 6.20 Å². The van der Waals surface area contributed by atoms with Crippen molar-refractivity contribution in [3.63, 3.8) is 0 Å². The SMILES string of the molecule is CCNCc1cn(Cc2cncc(F)c2)c2ccccc12. The fraction of sp³-hybridized carbons (Fsp3) is 0.235. The Kier molecular flexibility index (Phi) is 3.97. The number of halogens is 1. The van der Waals surface area contributed by atoms with Gasteiger partial charge in [-0.15, -0.1) is 0 Å². The largest absolute Gasteiger partial charge is 0.343 e.